The predicted molar refractivity (Wildman–Crippen MR) is 57.4 cm³/mol. The smallest absolute Gasteiger partial charge is 0.504 e. The maximum absolute atomic E-state index is 10.6. The number of phenolic OH excluding ortho intramolecular Hbond substituents is 2. The summed E-state index contributed by atoms with van der Waals surface area (Å²) in [4.78, 5) is 30.3. The van der Waals surface area contributed by atoms with Gasteiger partial charge in [0, 0.05) is 11.6 Å². The highest BCUT2D eigenvalue weighted by atomic mass is 16.8. The zero-order valence-electron chi connectivity index (χ0n) is 9.42. The molecule has 0 aliphatic carbocycles. The third-order valence-corrected chi connectivity index (χ3v) is 1.98. The standard InChI is InChI=1S/C9H7NO10/c11-5-2-3(1-4(6(5)12)10(17)18)7(19-8(13)14)20-9(15)16/h1-2,7,11-12H,(H,13,14)(H,15,16). The zero-order chi connectivity index (χ0) is 15.4. The van der Waals surface area contributed by atoms with E-state index in [-0.39, 0.29) is 0 Å². The van der Waals surface area contributed by atoms with E-state index in [4.69, 9.17) is 10.2 Å². The Balaban J connectivity index is 3.29. The number of phenols is 2. The fourth-order valence-corrected chi connectivity index (χ4v) is 1.24. The van der Waals surface area contributed by atoms with Crippen LogP contribution in [0.15, 0.2) is 12.1 Å². The molecule has 11 heteroatoms. The largest absolute Gasteiger partial charge is 0.509 e. The number of nitrogens with zero attached hydrogens (tertiary/aromatic N) is 1. The molecule has 0 atom stereocenters. The van der Waals surface area contributed by atoms with Crippen LogP contribution in [0.5, 0.6) is 11.5 Å². The minimum absolute atomic E-state index is 0.489. The van der Waals surface area contributed by atoms with Gasteiger partial charge in [0.1, 0.15) is 0 Å². The number of hydrogen-bond donors (Lipinski definition) is 4. The summed E-state index contributed by atoms with van der Waals surface area (Å²) in [6, 6.07) is 1.27. The van der Waals surface area contributed by atoms with Gasteiger partial charge in [0.25, 0.3) is 6.29 Å². The van der Waals surface area contributed by atoms with Crippen molar-refractivity contribution < 1.29 is 44.4 Å². The zero-order valence-corrected chi connectivity index (χ0v) is 9.42. The van der Waals surface area contributed by atoms with E-state index in [0.717, 1.165) is 0 Å². The van der Waals surface area contributed by atoms with Crippen LogP contribution in [0.1, 0.15) is 11.9 Å². The Bertz CT molecular complexity index is 552. The molecule has 11 nitrogen and oxygen atoms in total. The number of aromatic hydroxyl groups is 2. The van der Waals surface area contributed by atoms with Gasteiger partial charge in [-0.1, -0.05) is 0 Å². The molecule has 1 aromatic carbocycles. The Kier molecular flexibility index (Phi) is 4.15. The maximum Gasteiger partial charge on any atom is 0.509 e. The molecular weight excluding hydrogens is 282 g/mol. The van der Waals surface area contributed by atoms with Crippen molar-refractivity contribution in [3.63, 3.8) is 0 Å². The van der Waals surface area contributed by atoms with Crippen LogP contribution in [0.2, 0.25) is 0 Å². The van der Waals surface area contributed by atoms with Gasteiger partial charge in [-0.3, -0.25) is 10.1 Å². The maximum atomic E-state index is 10.6. The number of carboxylic acid groups (broad SMARTS) is 2. The number of rotatable bonds is 4. The van der Waals surface area contributed by atoms with Crippen molar-refractivity contribution in [3.05, 3.63) is 27.8 Å². The van der Waals surface area contributed by atoms with Crippen molar-refractivity contribution in [1.29, 1.82) is 0 Å². The summed E-state index contributed by atoms with van der Waals surface area (Å²) in [7, 11) is 0. The second-order valence-electron chi connectivity index (χ2n) is 3.26. The molecule has 0 spiro atoms. The lowest BCUT2D eigenvalue weighted by Crippen LogP contribution is -2.16. The first-order valence-corrected chi connectivity index (χ1v) is 4.71. The SMILES string of the molecule is O=C(O)OC(OC(=O)O)c1cc(O)c(O)c([N+](=O)[O-])c1. The summed E-state index contributed by atoms with van der Waals surface area (Å²) in [5.41, 5.74) is -1.47. The molecule has 108 valence electrons. The Morgan fingerprint density at radius 3 is 2.05 bits per heavy atom. The van der Waals surface area contributed by atoms with Gasteiger partial charge < -0.3 is 29.9 Å². The number of hydrogen-bond acceptors (Lipinski definition) is 8. The summed E-state index contributed by atoms with van der Waals surface area (Å²) in [5, 5.41) is 46.0. The number of ether oxygens (including phenoxy) is 2. The summed E-state index contributed by atoms with van der Waals surface area (Å²) < 4.78 is 8.15. The van der Waals surface area contributed by atoms with E-state index in [0.29, 0.717) is 12.1 Å². The van der Waals surface area contributed by atoms with Crippen LogP contribution >= 0.6 is 0 Å². The highest BCUT2D eigenvalue weighted by Crippen LogP contribution is 2.38. The Hall–Kier alpha value is -3.24. The van der Waals surface area contributed by atoms with Gasteiger partial charge in [0.2, 0.25) is 5.75 Å². The van der Waals surface area contributed by atoms with Crippen LogP contribution < -0.4 is 0 Å². The molecule has 4 N–H and O–H groups in total. The van der Waals surface area contributed by atoms with Crippen LogP contribution in [0.25, 0.3) is 0 Å². The van der Waals surface area contributed by atoms with Gasteiger partial charge in [-0.15, -0.1) is 0 Å². The first-order chi connectivity index (χ1) is 9.22. The molecule has 0 unspecified atom stereocenters. The molecule has 0 aliphatic heterocycles. The lowest BCUT2D eigenvalue weighted by Gasteiger charge is -2.15. The van der Waals surface area contributed by atoms with E-state index in [2.05, 4.69) is 9.47 Å². The van der Waals surface area contributed by atoms with E-state index in [1.54, 1.807) is 0 Å². The molecule has 0 heterocycles. The quantitative estimate of drug-likeness (QED) is 0.208. The first kappa shape index (κ1) is 14.8. The average molecular weight is 289 g/mol. The molecule has 0 radical (unpaired) electrons. The monoisotopic (exact) mass is 289 g/mol. The normalized spacial score (nSPS) is 10.1. The fraction of sp³-hybridized carbons (Fsp3) is 0.111. The summed E-state index contributed by atoms with van der Waals surface area (Å²) in [5.74, 6) is -2.04. The van der Waals surface area contributed by atoms with Crippen molar-refractivity contribution in [2.24, 2.45) is 0 Å². The molecule has 0 aliphatic rings. The number of benzene rings is 1. The Labute approximate surface area is 109 Å². The van der Waals surface area contributed by atoms with Crippen molar-refractivity contribution in [3.8, 4) is 11.5 Å². The topological polar surface area (TPSA) is 177 Å². The predicted octanol–water partition coefficient (Wildman–Crippen LogP) is 1.39. The van der Waals surface area contributed by atoms with Crippen molar-refractivity contribution in [1.82, 2.24) is 0 Å². The number of nitro groups is 1. The Morgan fingerprint density at radius 1 is 1.15 bits per heavy atom. The van der Waals surface area contributed by atoms with E-state index in [1.165, 1.54) is 0 Å². The van der Waals surface area contributed by atoms with Crippen LogP contribution in [0.3, 0.4) is 0 Å². The molecule has 0 amide bonds. The molecule has 1 aromatic rings. The number of nitro benzene ring substituents is 1. The second kappa shape index (κ2) is 5.60. The second-order valence-corrected chi connectivity index (χ2v) is 3.26. The number of carbonyl (C=O) groups is 2. The molecular formula is C9H7NO10. The summed E-state index contributed by atoms with van der Waals surface area (Å²) in [6.45, 7) is 0. The molecule has 1 rings (SSSR count). The molecule has 0 bridgehead atoms. The van der Waals surface area contributed by atoms with Crippen molar-refractivity contribution in [2.45, 2.75) is 6.29 Å². The van der Waals surface area contributed by atoms with Crippen LogP contribution in [-0.4, -0.2) is 37.7 Å². The summed E-state index contributed by atoms with van der Waals surface area (Å²) >= 11 is 0. The molecule has 0 saturated carbocycles. The highest BCUT2D eigenvalue weighted by Gasteiger charge is 2.27. The molecule has 0 saturated heterocycles. The third kappa shape index (κ3) is 3.38. The van der Waals surface area contributed by atoms with Gasteiger partial charge in [0.15, 0.2) is 5.75 Å². The van der Waals surface area contributed by atoms with Gasteiger partial charge in [0.05, 0.1) is 4.92 Å². The van der Waals surface area contributed by atoms with E-state index < -0.39 is 46.3 Å². The van der Waals surface area contributed by atoms with Crippen LogP contribution in [0, 0.1) is 10.1 Å². The van der Waals surface area contributed by atoms with Crippen molar-refractivity contribution in [2.75, 3.05) is 0 Å². The van der Waals surface area contributed by atoms with Gasteiger partial charge in [-0.05, 0) is 6.07 Å². The minimum atomic E-state index is -2.06. The molecule has 0 aromatic heterocycles. The molecule has 0 fully saturated rings. The lowest BCUT2D eigenvalue weighted by molar-refractivity contribution is -0.386. The minimum Gasteiger partial charge on any atom is -0.504 e. The van der Waals surface area contributed by atoms with E-state index in [1.807, 2.05) is 0 Å². The lowest BCUT2D eigenvalue weighted by atomic mass is 10.1. The molecule has 20 heavy (non-hydrogen) atoms. The van der Waals surface area contributed by atoms with Crippen LogP contribution in [0.4, 0.5) is 15.3 Å². The Morgan fingerprint density at radius 2 is 1.65 bits per heavy atom. The van der Waals surface area contributed by atoms with Gasteiger partial charge in [-0.2, -0.15) is 0 Å². The fourth-order valence-electron chi connectivity index (χ4n) is 1.24. The van der Waals surface area contributed by atoms with E-state index >= 15 is 0 Å². The van der Waals surface area contributed by atoms with Crippen LogP contribution in [-0.2, 0) is 9.47 Å². The first-order valence-electron chi connectivity index (χ1n) is 4.71. The van der Waals surface area contributed by atoms with Gasteiger partial charge in [-0.25, -0.2) is 9.59 Å². The highest BCUT2D eigenvalue weighted by molar-refractivity contribution is 5.61. The summed E-state index contributed by atoms with van der Waals surface area (Å²) in [6.07, 6.45) is -5.88. The third-order valence-electron chi connectivity index (χ3n) is 1.98. The van der Waals surface area contributed by atoms with E-state index in [9.17, 15) is 29.9 Å². The van der Waals surface area contributed by atoms with Gasteiger partial charge >= 0.3 is 18.0 Å². The average Bonchev–Trinajstić information content (AvgIpc) is 2.29. The van der Waals surface area contributed by atoms with Crippen molar-refractivity contribution >= 4 is 18.0 Å².